The molecule has 7 nitrogen and oxygen atoms in total. The van der Waals surface area contributed by atoms with E-state index < -0.39 is 11.0 Å². The lowest BCUT2D eigenvalue weighted by atomic mass is 10.3. The molecule has 0 radical (unpaired) electrons. The minimum Gasteiger partial charge on any atom is -0.394 e. The van der Waals surface area contributed by atoms with Crippen molar-refractivity contribution in [1.82, 2.24) is 4.90 Å². The number of nitro benzene ring substituents is 1. The number of aliphatic hydroxyl groups excluding tert-OH is 1. The highest BCUT2D eigenvalue weighted by molar-refractivity contribution is 5.89. The van der Waals surface area contributed by atoms with E-state index in [9.17, 15) is 14.9 Å². The largest absolute Gasteiger partial charge is 0.394 e. The molecular formula is C11H15N3O4. The first-order valence-corrected chi connectivity index (χ1v) is 5.35. The van der Waals surface area contributed by atoms with Gasteiger partial charge in [0.25, 0.3) is 5.69 Å². The Hall–Kier alpha value is -2.15. The van der Waals surface area contributed by atoms with Crippen molar-refractivity contribution < 1.29 is 14.8 Å². The molecule has 0 saturated carbocycles. The molecule has 2 N–H and O–H groups in total. The summed E-state index contributed by atoms with van der Waals surface area (Å²) in [6, 6.07) is 4.90. The average Bonchev–Trinajstić information content (AvgIpc) is 2.37. The Bertz CT molecular complexity index is 450. The third-order valence-corrected chi connectivity index (χ3v) is 2.55. The van der Waals surface area contributed by atoms with Gasteiger partial charge in [0.2, 0.25) is 0 Å². The van der Waals surface area contributed by atoms with Gasteiger partial charge in [0.05, 0.1) is 17.6 Å². The lowest BCUT2D eigenvalue weighted by Gasteiger charge is -2.23. The van der Waals surface area contributed by atoms with E-state index in [1.54, 1.807) is 13.0 Å². The third-order valence-electron chi connectivity index (χ3n) is 2.55. The zero-order valence-corrected chi connectivity index (χ0v) is 10.2. The normalized spacial score (nSPS) is 11.7. The first-order chi connectivity index (χ1) is 8.45. The summed E-state index contributed by atoms with van der Waals surface area (Å²) in [5.74, 6) is 0. The van der Waals surface area contributed by atoms with Crippen molar-refractivity contribution in [3.8, 4) is 0 Å². The Labute approximate surface area is 104 Å². The number of hydrogen-bond donors (Lipinski definition) is 2. The molecule has 98 valence electrons. The minimum absolute atomic E-state index is 0.0920. The molecule has 0 aliphatic heterocycles. The van der Waals surface area contributed by atoms with E-state index in [1.165, 1.54) is 30.1 Å². The van der Waals surface area contributed by atoms with Crippen LogP contribution < -0.4 is 5.32 Å². The van der Waals surface area contributed by atoms with Crippen LogP contribution in [0, 0.1) is 10.1 Å². The Kier molecular flexibility index (Phi) is 4.61. The molecule has 2 amide bonds. The van der Waals surface area contributed by atoms with Gasteiger partial charge in [-0.15, -0.1) is 0 Å². The molecule has 1 atom stereocenters. The van der Waals surface area contributed by atoms with Crippen molar-refractivity contribution >= 4 is 17.4 Å². The van der Waals surface area contributed by atoms with E-state index in [4.69, 9.17) is 5.11 Å². The summed E-state index contributed by atoms with van der Waals surface area (Å²) >= 11 is 0. The fraction of sp³-hybridized carbons (Fsp3) is 0.364. The van der Waals surface area contributed by atoms with E-state index >= 15 is 0 Å². The number of nitro groups is 1. The monoisotopic (exact) mass is 253 g/mol. The number of urea groups is 1. The molecular weight excluding hydrogens is 238 g/mol. The van der Waals surface area contributed by atoms with Crippen molar-refractivity contribution in [3.05, 3.63) is 34.4 Å². The molecule has 0 heterocycles. The molecule has 0 aromatic heterocycles. The summed E-state index contributed by atoms with van der Waals surface area (Å²) in [5, 5.41) is 22.0. The molecule has 1 aromatic carbocycles. The highest BCUT2D eigenvalue weighted by atomic mass is 16.6. The van der Waals surface area contributed by atoms with Gasteiger partial charge in [-0.3, -0.25) is 10.1 Å². The topological polar surface area (TPSA) is 95.7 Å². The lowest BCUT2D eigenvalue weighted by Crippen LogP contribution is -2.40. The van der Waals surface area contributed by atoms with Crippen LogP contribution in [0.1, 0.15) is 6.92 Å². The predicted octanol–water partition coefficient (Wildman–Crippen LogP) is 1.44. The number of nitrogens with zero attached hydrogens (tertiary/aromatic N) is 2. The quantitative estimate of drug-likeness (QED) is 0.626. The van der Waals surface area contributed by atoms with Crippen LogP contribution >= 0.6 is 0 Å². The number of nitrogens with one attached hydrogen (secondary N) is 1. The van der Waals surface area contributed by atoms with Gasteiger partial charge in [-0.25, -0.2) is 4.79 Å². The Morgan fingerprint density at radius 2 is 2.28 bits per heavy atom. The molecule has 1 aromatic rings. The number of benzene rings is 1. The van der Waals surface area contributed by atoms with Gasteiger partial charge in [0, 0.05) is 24.9 Å². The smallest absolute Gasteiger partial charge is 0.321 e. The van der Waals surface area contributed by atoms with Crippen LogP contribution in [-0.4, -0.2) is 40.7 Å². The van der Waals surface area contributed by atoms with Crippen LogP contribution in [0.2, 0.25) is 0 Å². The van der Waals surface area contributed by atoms with Crippen molar-refractivity contribution in [1.29, 1.82) is 0 Å². The van der Waals surface area contributed by atoms with Gasteiger partial charge < -0.3 is 15.3 Å². The standard InChI is InChI=1S/C11H15N3O4/c1-8(7-15)13(2)11(16)12-9-4-3-5-10(6-9)14(17)18/h3-6,8,15H,7H2,1-2H3,(H,12,16)/t8-/m1/s1. The van der Waals surface area contributed by atoms with E-state index in [0.717, 1.165) is 0 Å². The maximum atomic E-state index is 11.7. The number of non-ortho nitro benzene ring substituents is 1. The fourth-order valence-electron chi connectivity index (χ4n) is 1.23. The van der Waals surface area contributed by atoms with Crippen LogP contribution in [0.15, 0.2) is 24.3 Å². The molecule has 0 saturated heterocycles. The summed E-state index contributed by atoms with van der Waals surface area (Å²) in [6.45, 7) is 1.53. The molecule has 0 unspecified atom stereocenters. The zero-order chi connectivity index (χ0) is 13.7. The average molecular weight is 253 g/mol. The van der Waals surface area contributed by atoms with E-state index in [1.807, 2.05) is 0 Å². The fourth-order valence-corrected chi connectivity index (χ4v) is 1.23. The highest BCUT2D eigenvalue weighted by Crippen LogP contribution is 2.17. The van der Waals surface area contributed by atoms with Crippen LogP contribution in [-0.2, 0) is 0 Å². The summed E-state index contributed by atoms with van der Waals surface area (Å²) in [6.07, 6.45) is 0. The van der Waals surface area contributed by atoms with Crippen LogP contribution in [0.5, 0.6) is 0 Å². The van der Waals surface area contributed by atoms with Crippen molar-refractivity contribution in [3.63, 3.8) is 0 Å². The Morgan fingerprint density at radius 1 is 1.61 bits per heavy atom. The van der Waals surface area contributed by atoms with Crippen molar-refractivity contribution in [2.75, 3.05) is 19.0 Å². The SMILES string of the molecule is C[C@H](CO)N(C)C(=O)Nc1cccc([N+](=O)[O-])c1. The first-order valence-electron chi connectivity index (χ1n) is 5.35. The molecule has 7 heteroatoms. The second kappa shape index (κ2) is 5.97. The van der Waals surface area contributed by atoms with Crippen molar-refractivity contribution in [2.45, 2.75) is 13.0 Å². The number of anilines is 1. The second-order valence-electron chi connectivity index (χ2n) is 3.88. The number of hydrogen-bond acceptors (Lipinski definition) is 4. The van der Waals surface area contributed by atoms with Gasteiger partial charge in [0.1, 0.15) is 0 Å². The molecule has 0 spiro atoms. The summed E-state index contributed by atoms with van der Waals surface area (Å²) in [5.41, 5.74) is 0.247. The van der Waals surface area contributed by atoms with Crippen LogP contribution in [0.4, 0.5) is 16.2 Å². The highest BCUT2D eigenvalue weighted by Gasteiger charge is 2.15. The lowest BCUT2D eigenvalue weighted by molar-refractivity contribution is -0.384. The number of amides is 2. The minimum atomic E-state index is -0.532. The third kappa shape index (κ3) is 3.42. The van der Waals surface area contributed by atoms with Gasteiger partial charge in [0.15, 0.2) is 0 Å². The Morgan fingerprint density at radius 3 is 2.83 bits per heavy atom. The maximum absolute atomic E-state index is 11.7. The zero-order valence-electron chi connectivity index (χ0n) is 10.2. The molecule has 1 rings (SSSR count). The Balaban J connectivity index is 2.76. The summed E-state index contributed by atoms with van der Waals surface area (Å²) < 4.78 is 0. The summed E-state index contributed by atoms with van der Waals surface area (Å²) in [4.78, 5) is 23.1. The first kappa shape index (κ1) is 13.9. The number of carbonyl (C=O) groups is 1. The van der Waals surface area contributed by atoms with Crippen LogP contribution in [0.3, 0.4) is 0 Å². The van der Waals surface area contributed by atoms with E-state index in [0.29, 0.717) is 5.69 Å². The second-order valence-corrected chi connectivity index (χ2v) is 3.88. The van der Waals surface area contributed by atoms with E-state index in [-0.39, 0.29) is 18.3 Å². The van der Waals surface area contributed by atoms with Gasteiger partial charge in [-0.05, 0) is 13.0 Å². The van der Waals surface area contributed by atoms with Crippen LogP contribution in [0.25, 0.3) is 0 Å². The number of aliphatic hydroxyl groups is 1. The van der Waals surface area contributed by atoms with E-state index in [2.05, 4.69) is 5.32 Å². The van der Waals surface area contributed by atoms with Gasteiger partial charge >= 0.3 is 6.03 Å². The maximum Gasteiger partial charge on any atom is 0.321 e. The molecule has 0 aliphatic carbocycles. The number of likely N-dealkylation sites (N-methyl/N-ethyl adjacent to an activating group) is 1. The molecule has 0 bridgehead atoms. The predicted molar refractivity (Wildman–Crippen MR) is 66.4 cm³/mol. The molecule has 0 fully saturated rings. The number of rotatable bonds is 4. The van der Waals surface area contributed by atoms with Crippen molar-refractivity contribution in [2.24, 2.45) is 0 Å². The van der Waals surface area contributed by atoms with Gasteiger partial charge in [-0.2, -0.15) is 0 Å². The molecule has 18 heavy (non-hydrogen) atoms. The molecule has 0 aliphatic rings. The summed E-state index contributed by atoms with van der Waals surface area (Å²) in [7, 11) is 1.54. The van der Waals surface area contributed by atoms with Gasteiger partial charge in [-0.1, -0.05) is 6.07 Å². The number of carbonyl (C=O) groups excluding carboxylic acids is 1.